The van der Waals surface area contributed by atoms with Crippen LogP contribution < -0.4 is 15.0 Å². The largest absolute Gasteiger partial charge is 0.494 e. The van der Waals surface area contributed by atoms with Crippen LogP contribution in [0.5, 0.6) is 5.75 Å². The zero-order valence-electron chi connectivity index (χ0n) is 14.5. The Morgan fingerprint density at radius 3 is 2.38 bits per heavy atom. The van der Waals surface area contributed by atoms with Gasteiger partial charge < -0.3 is 4.74 Å². The van der Waals surface area contributed by atoms with Crippen molar-refractivity contribution in [1.29, 1.82) is 0 Å². The topological polar surface area (TPSA) is 75.7 Å². The van der Waals surface area contributed by atoms with Gasteiger partial charge in [-0.1, -0.05) is 24.3 Å². The van der Waals surface area contributed by atoms with Crippen LogP contribution in [0.25, 0.3) is 6.08 Å². The normalized spacial score (nSPS) is 16.0. The first kappa shape index (κ1) is 17.4. The monoisotopic (exact) mass is 350 g/mol. The van der Waals surface area contributed by atoms with Crippen LogP contribution in [0.15, 0.2) is 54.1 Å². The number of ether oxygens (including phenoxy) is 1. The lowest BCUT2D eigenvalue weighted by atomic mass is 10.0. The molecule has 0 aromatic heterocycles. The number of aryl methyl sites for hydroxylation is 1. The highest BCUT2D eigenvalue weighted by molar-refractivity contribution is 6.39. The van der Waals surface area contributed by atoms with Crippen molar-refractivity contribution in [3.63, 3.8) is 0 Å². The van der Waals surface area contributed by atoms with Crippen molar-refractivity contribution in [2.24, 2.45) is 0 Å². The van der Waals surface area contributed by atoms with Gasteiger partial charge in [-0.3, -0.25) is 14.9 Å². The molecule has 1 aliphatic rings. The molecule has 0 atom stereocenters. The fourth-order valence-electron chi connectivity index (χ4n) is 2.65. The van der Waals surface area contributed by atoms with E-state index in [4.69, 9.17) is 4.74 Å². The van der Waals surface area contributed by atoms with Crippen LogP contribution in [-0.2, 0) is 9.59 Å². The van der Waals surface area contributed by atoms with Gasteiger partial charge in [0.1, 0.15) is 11.3 Å². The Kier molecular flexibility index (Phi) is 4.84. The van der Waals surface area contributed by atoms with Crippen molar-refractivity contribution >= 4 is 29.6 Å². The first-order chi connectivity index (χ1) is 12.5. The van der Waals surface area contributed by atoms with E-state index in [1.807, 2.05) is 32.0 Å². The van der Waals surface area contributed by atoms with Crippen LogP contribution in [0.4, 0.5) is 10.5 Å². The zero-order chi connectivity index (χ0) is 18.7. The van der Waals surface area contributed by atoms with Crippen LogP contribution in [0, 0.1) is 6.92 Å². The Balaban J connectivity index is 1.97. The summed E-state index contributed by atoms with van der Waals surface area (Å²) in [4.78, 5) is 38.1. The van der Waals surface area contributed by atoms with Crippen molar-refractivity contribution in [2.75, 3.05) is 11.5 Å². The first-order valence-corrected chi connectivity index (χ1v) is 8.21. The molecule has 0 radical (unpaired) electrons. The fraction of sp³-hybridized carbons (Fsp3) is 0.150. The lowest BCUT2D eigenvalue weighted by Gasteiger charge is -2.26. The molecule has 1 N–H and O–H groups in total. The highest BCUT2D eigenvalue weighted by Crippen LogP contribution is 2.24. The molecule has 0 bridgehead atoms. The lowest BCUT2D eigenvalue weighted by Crippen LogP contribution is -2.54. The number of anilines is 1. The number of carbonyl (C=O) groups is 3. The molecule has 0 spiro atoms. The molecular weight excluding hydrogens is 332 g/mol. The van der Waals surface area contributed by atoms with Crippen LogP contribution in [0.2, 0.25) is 0 Å². The van der Waals surface area contributed by atoms with Gasteiger partial charge in [-0.15, -0.1) is 0 Å². The van der Waals surface area contributed by atoms with Gasteiger partial charge in [0.2, 0.25) is 0 Å². The Morgan fingerprint density at radius 2 is 1.73 bits per heavy atom. The number of nitrogens with zero attached hydrogens (tertiary/aromatic N) is 1. The maximum absolute atomic E-state index is 12.8. The molecule has 1 heterocycles. The maximum Gasteiger partial charge on any atom is 0.335 e. The maximum atomic E-state index is 12.8. The summed E-state index contributed by atoms with van der Waals surface area (Å²) in [7, 11) is 0. The number of barbiturate groups is 1. The number of hydrogen-bond acceptors (Lipinski definition) is 4. The SMILES string of the molecule is CCOc1ccc(N2C(=O)NC(=O)/C(=C/c3ccccc3C)C2=O)cc1. The number of nitrogens with one attached hydrogen (secondary N) is 1. The molecule has 0 saturated carbocycles. The van der Waals surface area contributed by atoms with E-state index >= 15 is 0 Å². The van der Waals surface area contributed by atoms with E-state index in [0.717, 1.165) is 16.0 Å². The van der Waals surface area contributed by atoms with Crippen LogP contribution >= 0.6 is 0 Å². The molecule has 0 unspecified atom stereocenters. The molecule has 1 fully saturated rings. The molecule has 6 nitrogen and oxygen atoms in total. The number of rotatable bonds is 4. The molecule has 132 valence electrons. The molecule has 2 aromatic carbocycles. The molecule has 4 amide bonds. The van der Waals surface area contributed by atoms with Gasteiger partial charge in [0.05, 0.1) is 12.3 Å². The lowest BCUT2D eigenvalue weighted by molar-refractivity contribution is -0.122. The van der Waals surface area contributed by atoms with Crippen molar-refractivity contribution in [1.82, 2.24) is 5.32 Å². The smallest absolute Gasteiger partial charge is 0.335 e. The second-order valence-corrected chi connectivity index (χ2v) is 5.74. The van der Waals surface area contributed by atoms with E-state index in [1.165, 1.54) is 6.08 Å². The Morgan fingerprint density at radius 1 is 1.04 bits per heavy atom. The molecule has 1 aliphatic heterocycles. The Hall–Kier alpha value is -3.41. The minimum atomic E-state index is -0.772. The summed E-state index contributed by atoms with van der Waals surface area (Å²) in [6.45, 7) is 4.26. The minimum absolute atomic E-state index is 0.0900. The third kappa shape index (κ3) is 3.35. The second-order valence-electron chi connectivity index (χ2n) is 5.74. The summed E-state index contributed by atoms with van der Waals surface area (Å²) in [5, 5.41) is 2.22. The highest BCUT2D eigenvalue weighted by atomic mass is 16.5. The van der Waals surface area contributed by atoms with Gasteiger partial charge in [-0.25, -0.2) is 9.69 Å². The summed E-state index contributed by atoms with van der Waals surface area (Å²) < 4.78 is 5.36. The van der Waals surface area contributed by atoms with Crippen molar-refractivity contribution in [2.45, 2.75) is 13.8 Å². The molecular formula is C20H18N2O4. The summed E-state index contributed by atoms with van der Waals surface area (Å²) in [5.74, 6) is -0.732. The molecule has 1 saturated heterocycles. The van der Waals surface area contributed by atoms with Gasteiger partial charge in [0.25, 0.3) is 11.8 Å². The van der Waals surface area contributed by atoms with E-state index in [2.05, 4.69) is 5.32 Å². The van der Waals surface area contributed by atoms with Gasteiger partial charge in [-0.2, -0.15) is 0 Å². The third-order valence-electron chi connectivity index (χ3n) is 4.00. The molecule has 2 aromatic rings. The van der Waals surface area contributed by atoms with E-state index in [1.54, 1.807) is 30.3 Å². The first-order valence-electron chi connectivity index (χ1n) is 8.21. The molecule has 3 rings (SSSR count). The van der Waals surface area contributed by atoms with Crippen LogP contribution in [-0.4, -0.2) is 24.5 Å². The van der Waals surface area contributed by atoms with Crippen molar-refractivity contribution in [3.8, 4) is 5.75 Å². The number of urea groups is 1. The standard InChI is InChI=1S/C20H18N2O4/c1-3-26-16-10-8-15(9-11-16)22-19(24)17(18(23)21-20(22)25)12-14-7-5-4-6-13(14)2/h4-12H,3H2,1-2H3,(H,21,23,25)/b17-12-. The highest BCUT2D eigenvalue weighted by Gasteiger charge is 2.36. The summed E-state index contributed by atoms with van der Waals surface area (Å²) in [6.07, 6.45) is 1.50. The average molecular weight is 350 g/mol. The quantitative estimate of drug-likeness (QED) is 0.679. The number of hydrogen-bond donors (Lipinski definition) is 1. The van der Waals surface area contributed by atoms with E-state index < -0.39 is 17.8 Å². The van der Waals surface area contributed by atoms with Gasteiger partial charge in [-0.05, 0) is 55.3 Å². The minimum Gasteiger partial charge on any atom is -0.494 e. The van der Waals surface area contributed by atoms with Crippen LogP contribution in [0.3, 0.4) is 0 Å². The summed E-state index contributed by atoms with van der Waals surface area (Å²) in [5.41, 5.74) is 1.93. The van der Waals surface area contributed by atoms with Gasteiger partial charge in [0, 0.05) is 0 Å². The second kappa shape index (κ2) is 7.23. The average Bonchev–Trinajstić information content (AvgIpc) is 2.61. The number of carbonyl (C=O) groups excluding carboxylic acids is 3. The number of imide groups is 2. The number of benzene rings is 2. The third-order valence-corrected chi connectivity index (χ3v) is 4.00. The van der Waals surface area contributed by atoms with Gasteiger partial charge in [0.15, 0.2) is 0 Å². The predicted molar refractivity (Wildman–Crippen MR) is 97.8 cm³/mol. The Labute approximate surface area is 151 Å². The van der Waals surface area contributed by atoms with E-state index in [-0.39, 0.29) is 5.57 Å². The zero-order valence-corrected chi connectivity index (χ0v) is 14.5. The summed E-state index contributed by atoms with van der Waals surface area (Å²) in [6, 6.07) is 13.1. The summed E-state index contributed by atoms with van der Waals surface area (Å²) >= 11 is 0. The van der Waals surface area contributed by atoms with Crippen molar-refractivity contribution in [3.05, 3.63) is 65.2 Å². The molecule has 0 aliphatic carbocycles. The molecule has 26 heavy (non-hydrogen) atoms. The Bertz CT molecular complexity index is 900. The van der Waals surface area contributed by atoms with Crippen molar-refractivity contribution < 1.29 is 19.1 Å². The van der Waals surface area contributed by atoms with E-state index in [9.17, 15) is 14.4 Å². The van der Waals surface area contributed by atoms with Gasteiger partial charge >= 0.3 is 6.03 Å². The van der Waals surface area contributed by atoms with E-state index in [0.29, 0.717) is 18.0 Å². The fourth-order valence-corrected chi connectivity index (χ4v) is 2.65. The molecule has 6 heteroatoms. The number of amides is 4. The van der Waals surface area contributed by atoms with Crippen LogP contribution in [0.1, 0.15) is 18.1 Å². The predicted octanol–water partition coefficient (Wildman–Crippen LogP) is 3.06.